The lowest BCUT2D eigenvalue weighted by atomic mass is 9.61. The molecule has 1 saturated carbocycles. The van der Waals surface area contributed by atoms with Crippen LogP contribution in [0, 0.1) is 29.1 Å². The van der Waals surface area contributed by atoms with Gasteiger partial charge in [0, 0.05) is 12.6 Å². The van der Waals surface area contributed by atoms with Gasteiger partial charge in [-0.1, -0.05) is 34.6 Å². The van der Waals surface area contributed by atoms with E-state index in [0.717, 1.165) is 17.8 Å². The van der Waals surface area contributed by atoms with Gasteiger partial charge in [-0.15, -0.1) is 0 Å². The second-order valence-electron chi connectivity index (χ2n) is 8.78. The van der Waals surface area contributed by atoms with Crippen LogP contribution in [0.15, 0.2) is 0 Å². The Morgan fingerprint density at radius 2 is 1.81 bits per heavy atom. The Bertz CT molecular complexity index is 324. The number of hydrogen-bond donors (Lipinski definition) is 1. The predicted molar refractivity (Wildman–Crippen MR) is 92.3 cm³/mol. The van der Waals surface area contributed by atoms with E-state index in [2.05, 4.69) is 39.5 Å². The quantitative estimate of drug-likeness (QED) is 0.847. The standard InChI is InChI=1S/C19H38N2/c1-14(2)16-7-6-11-21(12-10-16)13-17-8-9-18(20)15(3)19(17,4)5/h14-18H,6-13,20H2,1-5H3. The van der Waals surface area contributed by atoms with Gasteiger partial charge in [0.1, 0.15) is 0 Å². The summed E-state index contributed by atoms with van der Waals surface area (Å²) in [6, 6.07) is 0.408. The summed E-state index contributed by atoms with van der Waals surface area (Å²) in [6.45, 7) is 16.0. The Balaban J connectivity index is 1.92. The monoisotopic (exact) mass is 294 g/mol. The summed E-state index contributed by atoms with van der Waals surface area (Å²) in [4.78, 5) is 2.76. The first-order valence-electron chi connectivity index (χ1n) is 9.30. The third-order valence-corrected chi connectivity index (χ3v) is 7.00. The SMILES string of the molecule is CC(C)C1CCCN(CC2CCC(N)C(C)C2(C)C)CC1. The van der Waals surface area contributed by atoms with E-state index in [1.165, 1.54) is 51.7 Å². The molecule has 2 fully saturated rings. The normalized spacial score (nSPS) is 38.4. The van der Waals surface area contributed by atoms with Crippen molar-refractivity contribution in [2.24, 2.45) is 34.8 Å². The summed E-state index contributed by atoms with van der Waals surface area (Å²) >= 11 is 0. The van der Waals surface area contributed by atoms with Crippen LogP contribution in [-0.2, 0) is 0 Å². The fourth-order valence-electron chi connectivity index (χ4n) is 4.61. The molecule has 4 unspecified atom stereocenters. The number of rotatable bonds is 3. The van der Waals surface area contributed by atoms with Gasteiger partial charge in [-0.25, -0.2) is 0 Å². The third kappa shape index (κ3) is 4.01. The van der Waals surface area contributed by atoms with Crippen LogP contribution in [-0.4, -0.2) is 30.6 Å². The predicted octanol–water partition coefficient (Wildman–Crippen LogP) is 4.14. The molecule has 1 saturated heterocycles. The number of nitrogens with zero attached hydrogens (tertiary/aromatic N) is 1. The molecule has 0 aromatic rings. The molecule has 1 heterocycles. The largest absolute Gasteiger partial charge is 0.327 e. The van der Waals surface area contributed by atoms with Gasteiger partial charge in [-0.2, -0.15) is 0 Å². The highest BCUT2D eigenvalue weighted by molar-refractivity contribution is 4.94. The first-order valence-corrected chi connectivity index (χ1v) is 9.30. The molecule has 0 spiro atoms. The van der Waals surface area contributed by atoms with Crippen LogP contribution in [0.5, 0.6) is 0 Å². The van der Waals surface area contributed by atoms with E-state index in [-0.39, 0.29) is 0 Å². The number of likely N-dealkylation sites (tertiary alicyclic amines) is 1. The molecule has 1 aliphatic carbocycles. The topological polar surface area (TPSA) is 29.3 Å². The second kappa shape index (κ2) is 7.00. The highest BCUT2D eigenvalue weighted by atomic mass is 15.1. The van der Waals surface area contributed by atoms with Gasteiger partial charge in [0.15, 0.2) is 0 Å². The molecule has 1 aliphatic heterocycles. The smallest absolute Gasteiger partial charge is 0.00698 e. The molecule has 2 rings (SSSR count). The third-order valence-electron chi connectivity index (χ3n) is 7.00. The average Bonchev–Trinajstić information content (AvgIpc) is 2.66. The van der Waals surface area contributed by atoms with E-state index in [1.54, 1.807) is 0 Å². The zero-order valence-corrected chi connectivity index (χ0v) is 15.1. The number of hydrogen-bond acceptors (Lipinski definition) is 2. The van der Waals surface area contributed by atoms with Crippen LogP contribution in [0.4, 0.5) is 0 Å². The fourth-order valence-corrected chi connectivity index (χ4v) is 4.61. The van der Waals surface area contributed by atoms with Crippen molar-refractivity contribution in [2.75, 3.05) is 19.6 Å². The minimum Gasteiger partial charge on any atom is -0.327 e. The van der Waals surface area contributed by atoms with Crippen molar-refractivity contribution in [3.8, 4) is 0 Å². The Labute approximate surface area is 132 Å². The average molecular weight is 295 g/mol. The highest BCUT2D eigenvalue weighted by Crippen LogP contribution is 2.44. The van der Waals surface area contributed by atoms with E-state index < -0.39 is 0 Å². The molecule has 0 bridgehead atoms. The Morgan fingerprint density at radius 3 is 2.48 bits per heavy atom. The molecule has 4 atom stereocenters. The maximum atomic E-state index is 6.31. The van der Waals surface area contributed by atoms with Gasteiger partial charge in [0.05, 0.1) is 0 Å². The summed E-state index contributed by atoms with van der Waals surface area (Å²) in [5.41, 5.74) is 6.70. The summed E-state index contributed by atoms with van der Waals surface area (Å²) in [5, 5.41) is 0. The zero-order valence-electron chi connectivity index (χ0n) is 15.1. The van der Waals surface area contributed by atoms with Crippen LogP contribution < -0.4 is 5.73 Å². The van der Waals surface area contributed by atoms with Gasteiger partial charge in [-0.05, 0) is 74.3 Å². The van der Waals surface area contributed by atoms with Crippen molar-refractivity contribution in [1.29, 1.82) is 0 Å². The molecule has 2 aliphatic rings. The molecule has 0 aromatic heterocycles. The van der Waals surface area contributed by atoms with E-state index in [4.69, 9.17) is 5.73 Å². The summed E-state index contributed by atoms with van der Waals surface area (Å²) < 4.78 is 0. The van der Waals surface area contributed by atoms with E-state index >= 15 is 0 Å². The molecular weight excluding hydrogens is 256 g/mol. The summed E-state index contributed by atoms with van der Waals surface area (Å²) in [7, 11) is 0. The molecule has 21 heavy (non-hydrogen) atoms. The molecule has 2 heteroatoms. The maximum Gasteiger partial charge on any atom is 0.00698 e. The molecule has 124 valence electrons. The van der Waals surface area contributed by atoms with E-state index in [9.17, 15) is 0 Å². The van der Waals surface area contributed by atoms with Gasteiger partial charge in [0.2, 0.25) is 0 Å². The molecule has 2 N–H and O–H groups in total. The molecular formula is C19H38N2. The molecule has 0 radical (unpaired) electrons. The first kappa shape index (κ1) is 17.3. The minimum atomic E-state index is 0.390. The van der Waals surface area contributed by atoms with Crippen molar-refractivity contribution >= 4 is 0 Å². The van der Waals surface area contributed by atoms with Crippen LogP contribution >= 0.6 is 0 Å². The van der Waals surface area contributed by atoms with Crippen molar-refractivity contribution < 1.29 is 0 Å². The molecule has 0 aromatic carbocycles. The van der Waals surface area contributed by atoms with Crippen LogP contribution in [0.1, 0.15) is 66.7 Å². The van der Waals surface area contributed by atoms with Crippen LogP contribution in [0.2, 0.25) is 0 Å². The van der Waals surface area contributed by atoms with E-state index in [0.29, 0.717) is 17.4 Å². The Morgan fingerprint density at radius 1 is 1.10 bits per heavy atom. The highest BCUT2D eigenvalue weighted by Gasteiger charge is 2.42. The minimum absolute atomic E-state index is 0.390. The van der Waals surface area contributed by atoms with E-state index in [1.807, 2.05) is 0 Å². The Hall–Kier alpha value is -0.0800. The first-order chi connectivity index (χ1) is 9.82. The van der Waals surface area contributed by atoms with Crippen molar-refractivity contribution in [3.63, 3.8) is 0 Å². The fraction of sp³-hybridized carbons (Fsp3) is 1.00. The lowest BCUT2D eigenvalue weighted by molar-refractivity contribution is 0.0290. The molecule has 0 amide bonds. The van der Waals surface area contributed by atoms with Crippen molar-refractivity contribution in [1.82, 2.24) is 4.90 Å². The van der Waals surface area contributed by atoms with Gasteiger partial charge in [0.25, 0.3) is 0 Å². The lowest BCUT2D eigenvalue weighted by Gasteiger charge is -2.48. The Kier molecular flexibility index (Phi) is 5.76. The molecule has 2 nitrogen and oxygen atoms in total. The van der Waals surface area contributed by atoms with Gasteiger partial charge < -0.3 is 10.6 Å². The lowest BCUT2D eigenvalue weighted by Crippen LogP contribution is -2.50. The van der Waals surface area contributed by atoms with Crippen molar-refractivity contribution in [2.45, 2.75) is 72.8 Å². The summed E-state index contributed by atoms with van der Waals surface area (Å²) in [5.74, 6) is 3.27. The maximum absolute atomic E-state index is 6.31. The van der Waals surface area contributed by atoms with Crippen LogP contribution in [0.3, 0.4) is 0 Å². The summed E-state index contributed by atoms with van der Waals surface area (Å²) in [6.07, 6.45) is 6.77. The second-order valence-corrected chi connectivity index (χ2v) is 8.78. The van der Waals surface area contributed by atoms with Gasteiger partial charge >= 0.3 is 0 Å². The van der Waals surface area contributed by atoms with Crippen molar-refractivity contribution in [3.05, 3.63) is 0 Å². The van der Waals surface area contributed by atoms with Gasteiger partial charge in [-0.3, -0.25) is 0 Å². The zero-order chi connectivity index (χ0) is 15.6. The van der Waals surface area contributed by atoms with Crippen LogP contribution in [0.25, 0.3) is 0 Å². The number of nitrogens with two attached hydrogens (primary N) is 1.